The highest BCUT2D eigenvalue weighted by Crippen LogP contribution is 2.38. The van der Waals surface area contributed by atoms with Crippen LogP contribution in [0.1, 0.15) is 74.1 Å². The van der Waals surface area contributed by atoms with Crippen LogP contribution in [0.2, 0.25) is 0 Å². The standard InChI is InChI=1S/C31H40N4O3/c1-21-17-26(13-16-30(21)38-3)24-9-7-23(8-10-24)20-34(31(37)25-11-14-29(36)15-12-25)27-5-4-6-28(18-27)35-19-22(2)32-33-35/h4-6,13,16-19,23-25,29,36H,7-12,14-15,20H2,1-3H3. The highest BCUT2D eigenvalue weighted by molar-refractivity contribution is 5.95. The zero-order valence-electron chi connectivity index (χ0n) is 22.8. The Labute approximate surface area is 225 Å². The molecule has 0 saturated heterocycles. The van der Waals surface area contributed by atoms with Gasteiger partial charge in [-0.25, -0.2) is 4.68 Å². The molecule has 202 valence electrons. The normalized spacial score (nSPS) is 23.7. The number of nitrogens with zero attached hydrogens (tertiary/aromatic N) is 4. The lowest BCUT2D eigenvalue weighted by molar-refractivity contribution is -0.124. The van der Waals surface area contributed by atoms with Crippen LogP contribution in [-0.2, 0) is 4.79 Å². The maximum Gasteiger partial charge on any atom is 0.230 e. The molecule has 0 spiro atoms. The monoisotopic (exact) mass is 516 g/mol. The second-order valence-corrected chi connectivity index (χ2v) is 11.2. The highest BCUT2D eigenvalue weighted by Gasteiger charge is 2.32. The van der Waals surface area contributed by atoms with Gasteiger partial charge in [0, 0.05) is 18.2 Å². The Morgan fingerprint density at radius 1 is 1.03 bits per heavy atom. The minimum Gasteiger partial charge on any atom is -0.496 e. The van der Waals surface area contributed by atoms with Gasteiger partial charge in [-0.2, -0.15) is 0 Å². The van der Waals surface area contributed by atoms with Gasteiger partial charge in [-0.1, -0.05) is 23.4 Å². The molecule has 1 heterocycles. The molecule has 2 fully saturated rings. The first-order valence-electron chi connectivity index (χ1n) is 14.0. The molecule has 0 atom stereocenters. The van der Waals surface area contributed by atoms with Gasteiger partial charge < -0.3 is 14.7 Å². The number of aryl methyl sites for hydroxylation is 2. The number of hydrogen-bond acceptors (Lipinski definition) is 5. The van der Waals surface area contributed by atoms with Crippen molar-refractivity contribution in [2.75, 3.05) is 18.6 Å². The zero-order valence-corrected chi connectivity index (χ0v) is 22.8. The summed E-state index contributed by atoms with van der Waals surface area (Å²) in [5.74, 6) is 2.11. The zero-order chi connectivity index (χ0) is 26.6. The van der Waals surface area contributed by atoms with Crippen molar-refractivity contribution in [3.05, 3.63) is 65.5 Å². The van der Waals surface area contributed by atoms with Crippen molar-refractivity contribution in [1.82, 2.24) is 15.0 Å². The summed E-state index contributed by atoms with van der Waals surface area (Å²) in [4.78, 5) is 15.9. The molecule has 0 radical (unpaired) electrons. The van der Waals surface area contributed by atoms with Gasteiger partial charge in [-0.15, -0.1) is 5.10 Å². The van der Waals surface area contributed by atoms with E-state index in [0.29, 0.717) is 24.7 Å². The molecule has 2 saturated carbocycles. The third-order valence-corrected chi connectivity index (χ3v) is 8.50. The smallest absolute Gasteiger partial charge is 0.230 e. The Hall–Kier alpha value is -3.19. The summed E-state index contributed by atoms with van der Waals surface area (Å²) < 4.78 is 7.21. The Balaban J connectivity index is 1.32. The third-order valence-electron chi connectivity index (χ3n) is 8.50. The average Bonchev–Trinajstić information content (AvgIpc) is 3.38. The van der Waals surface area contributed by atoms with Gasteiger partial charge in [0.15, 0.2) is 0 Å². The van der Waals surface area contributed by atoms with Gasteiger partial charge in [0.05, 0.1) is 30.8 Å². The average molecular weight is 517 g/mol. The highest BCUT2D eigenvalue weighted by atomic mass is 16.5. The lowest BCUT2D eigenvalue weighted by atomic mass is 9.78. The van der Waals surface area contributed by atoms with Gasteiger partial charge >= 0.3 is 0 Å². The predicted octanol–water partition coefficient (Wildman–Crippen LogP) is 5.75. The van der Waals surface area contributed by atoms with Crippen LogP contribution >= 0.6 is 0 Å². The van der Waals surface area contributed by atoms with Crippen LogP contribution < -0.4 is 9.64 Å². The fourth-order valence-corrected chi connectivity index (χ4v) is 6.23. The number of carbonyl (C=O) groups excluding carboxylic acids is 1. The molecule has 2 aliphatic rings. The van der Waals surface area contributed by atoms with E-state index in [4.69, 9.17) is 4.74 Å². The van der Waals surface area contributed by atoms with E-state index in [1.54, 1.807) is 11.8 Å². The maximum absolute atomic E-state index is 13.9. The lowest BCUT2D eigenvalue weighted by Gasteiger charge is -2.36. The van der Waals surface area contributed by atoms with Crippen LogP contribution in [0.25, 0.3) is 5.69 Å². The second-order valence-electron chi connectivity index (χ2n) is 11.2. The topological polar surface area (TPSA) is 80.5 Å². The van der Waals surface area contributed by atoms with E-state index in [1.165, 1.54) is 11.1 Å². The van der Waals surface area contributed by atoms with Crippen molar-refractivity contribution in [1.29, 1.82) is 0 Å². The van der Waals surface area contributed by atoms with E-state index >= 15 is 0 Å². The van der Waals surface area contributed by atoms with Crippen molar-refractivity contribution in [3.63, 3.8) is 0 Å². The molecule has 38 heavy (non-hydrogen) atoms. The Morgan fingerprint density at radius 3 is 2.45 bits per heavy atom. The molecular formula is C31H40N4O3. The van der Waals surface area contributed by atoms with Gasteiger partial charge in [-0.3, -0.25) is 4.79 Å². The van der Waals surface area contributed by atoms with Crippen LogP contribution in [0, 0.1) is 25.7 Å². The van der Waals surface area contributed by atoms with Crippen molar-refractivity contribution in [2.45, 2.75) is 77.2 Å². The van der Waals surface area contributed by atoms with E-state index in [2.05, 4.69) is 41.5 Å². The van der Waals surface area contributed by atoms with E-state index in [0.717, 1.165) is 67.9 Å². The first-order chi connectivity index (χ1) is 18.4. The molecule has 2 aromatic carbocycles. The summed E-state index contributed by atoms with van der Waals surface area (Å²) in [5.41, 5.74) is 5.25. The number of anilines is 1. The van der Waals surface area contributed by atoms with E-state index in [1.807, 2.05) is 36.2 Å². The fourth-order valence-electron chi connectivity index (χ4n) is 6.23. The van der Waals surface area contributed by atoms with E-state index in [9.17, 15) is 9.90 Å². The number of aliphatic hydroxyl groups excluding tert-OH is 1. The molecule has 7 nitrogen and oxygen atoms in total. The number of amides is 1. The predicted molar refractivity (Wildman–Crippen MR) is 149 cm³/mol. The molecule has 2 aliphatic carbocycles. The Morgan fingerprint density at radius 2 is 1.79 bits per heavy atom. The number of carbonyl (C=O) groups is 1. The summed E-state index contributed by atoms with van der Waals surface area (Å²) in [7, 11) is 1.72. The van der Waals surface area contributed by atoms with Gasteiger partial charge in [0.2, 0.25) is 5.91 Å². The summed E-state index contributed by atoms with van der Waals surface area (Å²) >= 11 is 0. The molecule has 1 amide bonds. The number of ether oxygens (including phenoxy) is 1. The first-order valence-corrected chi connectivity index (χ1v) is 14.0. The van der Waals surface area contributed by atoms with Crippen molar-refractivity contribution in [2.24, 2.45) is 11.8 Å². The quantitative estimate of drug-likeness (QED) is 0.432. The molecule has 5 rings (SSSR count). The number of aromatic nitrogens is 3. The largest absolute Gasteiger partial charge is 0.496 e. The summed E-state index contributed by atoms with van der Waals surface area (Å²) in [5, 5.41) is 18.4. The molecule has 1 aromatic heterocycles. The fraction of sp³-hybridized carbons (Fsp3) is 0.516. The SMILES string of the molecule is COc1ccc(C2CCC(CN(C(=O)C3CCC(O)CC3)c3cccc(-n4cc(C)nn4)c3)CC2)cc1C. The van der Waals surface area contributed by atoms with Crippen LogP contribution in [0.4, 0.5) is 5.69 Å². The molecule has 3 aromatic rings. The Bertz CT molecular complexity index is 1240. The molecule has 0 unspecified atom stereocenters. The molecule has 1 N–H and O–H groups in total. The maximum atomic E-state index is 13.9. The third kappa shape index (κ3) is 5.93. The van der Waals surface area contributed by atoms with Crippen LogP contribution in [0.15, 0.2) is 48.7 Å². The van der Waals surface area contributed by atoms with Gasteiger partial charge in [-0.05, 0) is 112 Å². The Kier molecular flexibility index (Phi) is 8.12. The molecule has 0 aliphatic heterocycles. The van der Waals surface area contributed by atoms with Crippen LogP contribution in [-0.4, -0.2) is 45.8 Å². The molecule has 0 bridgehead atoms. The van der Waals surface area contributed by atoms with E-state index < -0.39 is 0 Å². The number of hydrogen-bond donors (Lipinski definition) is 1. The number of methoxy groups -OCH3 is 1. The second kappa shape index (κ2) is 11.7. The number of rotatable bonds is 7. The van der Waals surface area contributed by atoms with Crippen LogP contribution in [0.5, 0.6) is 5.75 Å². The molecule has 7 heteroatoms. The van der Waals surface area contributed by atoms with Crippen LogP contribution in [0.3, 0.4) is 0 Å². The van der Waals surface area contributed by atoms with Crippen molar-refractivity contribution in [3.8, 4) is 11.4 Å². The minimum absolute atomic E-state index is 0.0331. The lowest BCUT2D eigenvalue weighted by Crippen LogP contribution is -2.41. The first kappa shape index (κ1) is 26.4. The minimum atomic E-state index is -0.275. The summed E-state index contributed by atoms with van der Waals surface area (Å²) in [6.07, 6.45) is 9.00. The van der Waals surface area contributed by atoms with Crippen molar-refractivity contribution >= 4 is 11.6 Å². The number of benzene rings is 2. The summed E-state index contributed by atoms with van der Waals surface area (Å²) in [6.45, 7) is 4.76. The molecular weight excluding hydrogens is 476 g/mol. The van der Waals surface area contributed by atoms with Crippen molar-refractivity contribution < 1.29 is 14.6 Å². The number of aliphatic hydroxyl groups is 1. The summed E-state index contributed by atoms with van der Waals surface area (Å²) in [6, 6.07) is 14.6. The van der Waals surface area contributed by atoms with Gasteiger partial charge in [0.1, 0.15) is 5.75 Å². The van der Waals surface area contributed by atoms with Gasteiger partial charge in [0.25, 0.3) is 0 Å². The van der Waals surface area contributed by atoms with E-state index in [-0.39, 0.29) is 17.9 Å².